The highest BCUT2D eigenvalue weighted by molar-refractivity contribution is 6.04. The average molecular weight is 522 g/mol. The van der Waals surface area contributed by atoms with Crippen molar-refractivity contribution >= 4 is 22.7 Å². The Morgan fingerprint density at radius 2 is 1.08 bits per heavy atom. The van der Waals surface area contributed by atoms with E-state index in [2.05, 4.69) is 0 Å². The quantitative estimate of drug-likeness (QED) is 0.193. The molecule has 3 rings (SSSR count). The van der Waals surface area contributed by atoms with E-state index in [0.29, 0.717) is 56.3 Å². The normalized spacial score (nSPS) is 10.7. The molecule has 200 valence electrons. The lowest BCUT2D eigenvalue weighted by Gasteiger charge is -2.09. The maximum absolute atomic E-state index is 12.3. The van der Waals surface area contributed by atoms with Gasteiger partial charge in [-0.1, -0.05) is 36.4 Å². The SMILES string of the molecule is N#Cc1ccc(C(=O)OCCOCCOCCOCCOCCOC(=O)c2cccc3ccccc23)cc1. The number of fused-ring (bicyclic) bond motifs is 1. The van der Waals surface area contributed by atoms with Crippen molar-refractivity contribution in [2.45, 2.75) is 0 Å². The van der Waals surface area contributed by atoms with Crippen molar-refractivity contribution in [2.75, 3.05) is 66.1 Å². The Labute approximate surface area is 221 Å². The summed E-state index contributed by atoms with van der Waals surface area (Å²) in [5.74, 6) is -0.829. The van der Waals surface area contributed by atoms with Crippen molar-refractivity contribution in [3.05, 3.63) is 83.4 Å². The summed E-state index contributed by atoms with van der Waals surface area (Å²) in [6.07, 6.45) is 0. The molecular weight excluding hydrogens is 490 g/mol. The first-order valence-corrected chi connectivity index (χ1v) is 12.3. The zero-order valence-corrected chi connectivity index (χ0v) is 21.1. The Morgan fingerprint density at radius 3 is 1.66 bits per heavy atom. The molecule has 0 bridgehead atoms. The molecule has 0 radical (unpaired) electrons. The molecule has 9 nitrogen and oxygen atoms in total. The van der Waals surface area contributed by atoms with Crippen LogP contribution in [-0.2, 0) is 28.4 Å². The van der Waals surface area contributed by atoms with E-state index in [1.165, 1.54) is 0 Å². The van der Waals surface area contributed by atoms with Crippen LogP contribution in [0, 0.1) is 11.3 Å². The molecule has 0 heterocycles. The van der Waals surface area contributed by atoms with Gasteiger partial charge in [0.15, 0.2) is 0 Å². The first kappa shape index (κ1) is 28.8. The molecule has 0 fully saturated rings. The second kappa shape index (κ2) is 16.8. The first-order valence-electron chi connectivity index (χ1n) is 12.3. The van der Waals surface area contributed by atoms with Gasteiger partial charge in [0.25, 0.3) is 0 Å². The van der Waals surface area contributed by atoms with Crippen LogP contribution in [0.3, 0.4) is 0 Å². The zero-order chi connectivity index (χ0) is 26.8. The minimum absolute atomic E-state index is 0.129. The van der Waals surface area contributed by atoms with Crippen LogP contribution in [0.5, 0.6) is 0 Å². The van der Waals surface area contributed by atoms with Crippen LogP contribution in [-0.4, -0.2) is 78.0 Å². The van der Waals surface area contributed by atoms with Gasteiger partial charge in [0.05, 0.1) is 75.6 Å². The molecule has 0 amide bonds. The van der Waals surface area contributed by atoms with E-state index in [0.717, 1.165) is 10.8 Å². The fraction of sp³-hybridized carbons (Fsp3) is 0.345. The highest BCUT2D eigenvalue weighted by Crippen LogP contribution is 2.19. The van der Waals surface area contributed by atoms with Gasteiger partial charge in [-0.05, 0) is 41.1 Å². The monoisotopic (exact) mass is 521 g/mol. The van der Waals surface area contributed by atoms with Gasteiger partial charge in [0, 0.05) is 0 Å². The topological polar surface area (TPSA) is 113 Å². The standard InChI is InChI=1S/C29H31NO8/c30-22-23-8-10-25(11-9-23)28(31)37-20-18-35-16-14-33-12-13-34-15-17-36-19-21-38-29(32)27-7-3-5-24-4-1-2-6-26(24)27/h1-11H,12-21H2. The second-order valence-corrected chi connectivity index (χ2v) is 7.94. The number of ether oxygens (including phenoxy) is 6. The zero-order valence-electron chi connectivity index (χ0n) is 21.1. The molecule has 0 saturated heterocycles. The van der Waals surface area contributed by atoms with Gasteiger partial charge < -0.3 is 28.4 Å². The number of benzene rings is 3. The minimum atomic E-state index is -0.461. The highest BCUT2D eigenvalue weighted by Gasteiger charge is 2.10. The molecule has 9 heteroatoms. The van der Waals surface area contributed by atoms with Crippen LogP contribution in [0.15, 0.2) is 66.7 Å². The van der Waals surface area contributed by atoms with Gasteiger partial charge in [0.1, 0.15) is 13.2 Å². The maximum Gasteiger partial charge on any atom is 0.338 e. The Hall–Kier alpha value is -3.81. The predicted octanol–water partition coefficient (Wildman–Crippen LogP) is 3.79. The van der Waals surface area contributed by atoms with E-state index < -0.39 is 5.97 Å². The molecule has 0 aliphatic heterocycles. The van der Waals surface area contributed by atoms with Crippen LogP contribution in [0.25, 0.3) is 10.8 Å². The van der Waals surface area contributed by atoms with Gasteiger partial charge in [-0.25, -0.2) is 9.59 Å². The van der Waals surface area contributed by atoms with E-state index >= 15 is 0 Å². The maximum atomic E-state index is 12.3. The van der Waals surface area contributed by atoms with Gasteiger partial charge in [-0.15, -0.1) is 0 Å². The summed E-state index contributed by atoms with van der Waals surface area (Å²) in [7, 11) is 0. The number of carbonyl (C=O) groups excluding carboxylic acids is 2. The van der Waals surface area contributed by atoms with Gasteiger partial charge in [-0.2, -0.15) is 5.26 Å². The molecule has 0 spiro atoms. The molecular formula is C29H31NO8. The van der Waals surface area contributed by atoms with Gasteiger partial charge >= 0.3 is 11.9 Å². The Bertz CT molecular complexity index is 1180. The molecule has 3 aromatic rings. The molecule has 0 N–H and O–H groups in total. The van der Waals surface area contributed by atoms with E-state index in [9.17, 15) is 9.59 Å². The van der Waals surface area contributed by atoms with E-state index in [-0.39, 0.29) is 32.4 Å². The number of hydrogen-bond donors (Lipinski definition) is 0. The lowest BCUT2D eigenvalue weighted by Crippen LogP contribution is -2.15. The third kappa shape index (κ3) is 9.92. The fourth-order valence-corrected chi connectivity index (χ4v) is 3.39. The summed E-state index contributed by atoms with van der Waals surface area (Å²) < 4.78 is 32.1. The number of esters is 2. The molecule has 0 saturated carbocycles. The van der Waals surface area contributed by atoms with Crippen molar-refractivity contribution < 1.29 is 38.0 Å². The van der Waals surface area contributed by atoms with Crippen molar-refractivity contribution in [3.63, 3.8) is 0 Å². The summed E-state index contributed by atoms with van der Waals surface area (Å²) in [6, 6.07) is 21.5. The Morgan fingerprint density at radius 1 is 0.579 bits per heavy atom. The largest absolute Gasteiger partial charge is 0.460 e. The smallest absolute Gasteiger partial charge is 0.338 e. The molecule has 0 unspecified atom stereocenters. The minimum Gasteiger partial charge on any atom is -0.460 e. The Balaban J connectivity index is 1.09. The van der Waals surface area contributed by atoms with Crippen molar-refractivity contribution in [2.24, 2.45) is 0 Å². The van der Waals surface area contributed by atoms with E-state index in [4.69, 9.17) is 33.7 Å². The highest BCUT2D eigenvalue weighted by atomic mass is 16.6. The molecule has 0 atom stereocenters. The third-order valence-electron chi connectivity index (χ3n) is 5.30. The molecule has 0 aliphatic carbocycles. The van der Waals surface area contributed by atoms with Crippen molar-refractivity contribution in [3.8, 4) is 6.07 Å². The predicted molar refractivity (Wildman–Crippen MR) is 139 cm³/mol. The molecule has 0 aromatic heterocycles. The van der Waals surface area contributed by atoms with Crippen LogP contribution in [0.2, 0.25) is 0 Å². The number of carbonyl (C=O) groups is 2. The second-order valence-electron chi connectivity index (χ2n) is 7.94. The summed E-state index contributed by atoms with van der Waals surface area (Å²) >= 11 is 0. The van der Waals surface area contributed by atoms with E-state index in [1.54, 1.807) is 30.3 Å². The van der Waals surface area contributed by atoms with Crippen molar-refractivity contribution in [1.82, 2.24) is 0 Å². The van der Waals surface area contributed by atoms with Gasteiger partial charge in [-0.3, -0.25) is 0 Å². The number of hydrogen-bond acceptors (Lipinski definition) is 9. The molecule has 38 heavy (non-hydrogen) atoms. The number of rotatable bonds is 17. The Kier molecular flexibility index (Phi) is 12.7. The summed E-state index contributed by atoms with van der Waals surface area (Å²) in [5.41, 5.74) is 1.41. The summed E-state index contributed by atoms with van der Waals surface area (Å²) in [4.78, 5) is 24.2. The molecule has 0 aliphatic rings. The van der Waals surface area contributed by atoms with Crippen LogP contribution in [0.4, 0.5) is 0 Å². The van der Waals surface area contributed by atoms with Crippen LogP contribution in [0.1, 0.15) is 26.3 Å². The lowest BCUT2D eigenvalue weighted by molar-refractivity contribution is -0.0136. The number of nitrogens with zero attached hydrogens (tertiary/aromatic N) is 1. The van der Waals surface area contributed by atoms with Crippen LogP contribution < -0.4 is 0 Å². The third-order valence-corrected chi connectivity index (χ3v) is 5.30. The van der Waals surface area contributed by atoms with Gasteiger partial charge in [0.2, 0.25) is 0 Å². The van der Waals surface area contributed by atoms with E-state index in [1.807, 2.05) is 42.5 Å². The number of nitriles is 1. The van der Waals surface area contributed by atoms with Crippen molar-refractivity contribution in [1.29, 1.82) is 5.26 Å². The summed E-state index contributed by atoms with van der Waals surface area (Å²) in [5, 5.41) is 10.6. The summed E-state index contributed by atoms with van der Waals surface area (Å²) in [6.45, 7) is 3.23. The van der Waals surface area contributed by atoms with Crippen LogP contribution >= 0.6 is 0 Å². The fourth-order valence-electron chi connectivity index (χ4n) is 3.39. The first-order chi connectivity index (χ1) is 18.7. The average Bonchev–Trinajstić information content (AvgIpc) is 2.96. The lowest BCUT2D eigenvalue weighted by atomic mass is 10.1. The molecule has 3 aromatic carbocycles.